The predicted octanol–water partition coefficient (Wildman–Crippen LogP) is 1.14. The first-order chi connectivity index (χ1) is 14.2. The molecule has 8 nitrogen and oxygen atoms in total. The molecule has 0 amide bonds. The summed E-state index contributed by atoms with van der Waals surface area (Å²) in [6, 6.07) is 5.91. The van der Waals surface area contributed by atoms with Gasteiger partial charge in [0.1, 0.15) is 12.7 Å². The fourth-order valence-corrected chi connectivity index (χ4v) is 3.30. The molecule has 1 atom stereocenters. The van der Waals surface area contributed by atoms with Crippen LogP contribution in [0.1, 0.15) is 12.0 Å². The van der Waals surface area contributed by atoms with Crippen molar-refractivity contribution in [2.45, 2.75) is 25.6 Å². The molecule has 1 aliphatic rings. The second-order valence-corrected chi connectivity index (χ2v) is 7.19. The Balaban J connectivity index is 1.39. The highest BCUT2D eigenvalue weighted by atomic mass is 16.5. The van der Waals surface area contributed by atoms with Crippen molar-refractivity contribution >= 4 is 0 Å². The van der Waals surface area contributed by atoms with E-state index in [2.05, 4.69) is 19.8 Å². The van der Waals surface area contributed by atoms with E-state index < -0.39 is 6.10 Å². The third-order valence-electron chi connectivity index (χ3n) is 4.89. The van der Waals surface area contributed by atoms with E-state index in [0.717, 1.165) is 57.9 Å². The van der Waals surface area contributed by atoms with Crippen LogP contribution in [0.4, 0.5) is 0 Å². The Morgan fingerprint density at radius 3 is 2.90 bits per heavy atom. The topological polar surface area (TPSA) is 81.0 Å². The van der Waals surface area contributed by atoms with E-state index >= 15 is 0 Å². The highest BCUT2D eigenvalue weighted by Crippen LogP contribution is 2.28. The van der Waals surface area contributed by atoms with Crippen LogP contribution in [-0.2, 0) is 17.8 Å². The number of β-amino-alcohol motifs (C(OH)–C–C–N with tert-alkyl or cyclic N) is 1. The van der Waals surface area contributed by atoms with Crippen LogP contribution >= 0.6 is 0 Å². The summed E-state index contributed by atoms with van der Waals surface area (Å²) >= 11 is 0. The molecule has 2 aromatic rings. The monoisotopic (exact) mass is 404 g/mol. The number of benzene rings is 1. The zero-order chi connectivity index (χ0) is 20.3. The summed E-state index contributed by atoms with van der Waals surface area (Å²) in [7, 11) is 1.63. The highest BCUT2D eigenvalue weighted by Gasteiger charge is 2.16. The molecule has 0 radical (unpaired) electrons. The number of aliphatic hydroxyl groups excluding tert-OH is 1. The number of aliphatic hydroxyl groups is 1. The van der Waals surface area contributed by atoms with Gasteiger partial charge in [-0.15, -0.1) is 0 Å². The second kappa shape index (κ2) is 11.8. The largest absolute Gasteiger partial charge is 0.493 e. The minimum absolute atomic E-state index is 0.236. The zero-order valence-corrected chi connectivity index (χ0v) is 17.1. The molecule has 1 aromatic carbocycles. The van der Waals surface area contributed by atoms with Crippen LogP contribution in [0.2, 0.25) is 0 Å². The highest BCUT2D eigenvalue weighted by molar-refractivity contribution is 5.43. The summed E-state index contributed by atoms with van der Waals surface area (Å²) in [5.74, 6) is 1.33. The van der Waals surface area contributed by atoms with Gasteiger partial charge in [-0.2, -0.15) is 0 Å². The molecule has 160 valence electrons. The minimum atomic E-state index is -0.547. The molecule has 0 aliphatic carbocycles. The van der Waals surface area contributed by atoms with Gasteiger partial charge in [0.2, 0.25) is 0 Å². The minimum Gasteiger partial charge on any atom is -0.493 e. The first-order valence-electron chi connectivity index (χ1n) is 10.2. The molecule has 0 bridgehead atoms. The fraction of sp³-hybridized carbons (Fsp3) is 0.571. The van der Waals surface area contributed by atoms with Gasteiger partial charge in [-0.3, -0.25) is 4.90 Å². The number of aryl methyl sites for hydroxylation is 1. The molecule has 3 rings (SSSR count). The smallest absolute Gasteiger partial charge is 0.161 e. The molecular weight excluding hydrogens is 372 g/mol. The Bertz CT molecular complexity index is 705. The molecule has 29 heavy (non-hydrogen) atoms. The SMILES string of the molecule is COc1cc(CNCCCn2ccnc2)ccc1OC[C@H](O)CN1CCOCC1. The Morgan fingerprint density at radius 2 is 2.14 bits per heavy atom. The van der Waals surface area contributed by atoms with E-state index in [9.17, 15) is 5.11 Å². The lowest BCUT2D eigenvalue weighted by atomic mass is 10.2. The van der Waals surface area contributed by atoms with Crippen molar-refractivity contribution in [1.29, 1.82) is 0 Å². The van der Waals surface area contributed by atoms with E-state index in [4.69, 9.17) is 14.2 Å². The van der Waals surface area contributed by atoms with Crippen molar-refractivity contribution in [2.75, 3.05) is 53.1 Å². The number of ether oxygens (including phenoxy) is 3. The maximum Gasteiger partial charge on any atom is 0.161 e. The fourth-order valence-electron chi connectivity index (χ4n) is 3.30. The standard InChI is InChI=1S/C21H32N4O4/c1-27-21-13-18(14-22-5-2-7-25-8-6-23-17-25)3-4-20(21)29-16-19(26)15-24-9-11-28-12-10-24/h3-4,6,8,13,17,19,22,26H,2,5,7,9-12,14-16H2,1H3/t19-/m1/s1. The van der Waals surface area contributed by atoms with Crippen molar-refractivity contribution in [2.24, 2.45) is 0 Å². The average Bonchev–Trinajstić information content (AvgIpc) is 3.26. The third kappa shape index (κ3) is 7.32. The summed E-state index contributed by atoms with van der Waals surface area (Å²) in [5, 5.41) is 13.7. The number of hydrogen-bond acceptors (Lipinski definition) is 7. The molecular formula is C21H32N4O4. The Labute approximate surface area is 172 Å². The normalized spacial score (nSPS) is 15.9. The molecule has 0 spiro atoms. The lowest BCUT2D eigenvalue weighted by Gasteiger charge is -2.28. The lowest BCUT2D eigenvalue weighted by Crippen LogP contribution is -2.42. The summed E-state index contributed by atoms with van der Waals surface area (Å²) in [6.07, 6.45) is 6.10. The number of nitrogens with one attached hydrogen (secondary N) is 1. The van der Waals surface area contributed by atoms with Crippen molar-refractivity contribution < 1.29 is 19.3 Å². The van der Waals surface area contributed by atoms with Gasteiger partial charge in [0, 0.05) is 45.1 Å². The first kappa shape index (κ1) is 21.6. The van der Waals surface area contributed by atoms with Crippen LogP contribution < -0.4 is 14.8 Å². The number of nitrogens with zero attached hydrogens (tertiary/aromatic N) is 3. The van der Waals surface area contributed by atoms with Gasteiger partial charge in [0.15, 0.2) is 11.5 Å². The maximum absolute atomic E-state index is 10.3. The van der Waals surface area contributed by atoms with Crippen molar-refractivity contribution in [3.8, 4) is 11.5 Å². The van der Waals surface area contributed by atoms with Crippen LogP contribution in [0, 0.1) is 0 Å². The van der Waals surface area contributed by atoms with Gasteiger partial charge in [-0.25, -0.2) is 4.98 Å². The van der Waals surface area contributed by atoms with Crippen LogP contribution in [0.25, 0.3) is 0 Å². The van der Waals surface area contributed by atoms with Gasteiger partial charge >= 0.3 is 0 Å². The zero-order valence-electron chi connectivity index (χ0n) is 17.1. The average molecular weight is 405 g/mol. The molecule has 1 fully saturated rings. The Hall–Kier alpha value is -2.13. The van der Waals surface area contributed by atoms with E-state index in [1.54, 1.807) is 13.3 Å². The quantitative estimate of drug-likeness (QED) is 0.514. The molecule has 0 unspecified atom stereocenters. The molecule has 2 N–H and O–H groups in total. The summed E-state index contributed by atoms with van der Waals surface area (Å²) in [6.45, 7) is 6.62. The lowest BCUT2D eigenvalue weighted by molar-refractivity contribution is 0.00445. The number of morpholine rings is 1. The van der Waals surface area contributed by atoms with Gasteiger partial charge in [-0.05, 0) is 30.7 Å². The maximum atomic E-state index is 10.3. The summed E-state index contributed by atoms with van der Waals surface area (Å²) < 4.78 is 18.7. The van der Waals surface area contributed by atoms with Crippen LogP contribution in [0.15, 0.2) is 36.9 Å². The van der Waals surface area contributed by atoms with E-state index in [-0.39, 0.29) is 6.61 Å². The van der Waals surface area contributed by atoms with E-state index in [1.807, 2.05) is 30.7 Å². The molecule has 1 saturated heterocycles. The summed E-state index contributed by atoms with van der Waals surface area (Å²) in [5.41, 5.74) is 1.13. The van der Waals surface area contributed by atoms with Crippen LogP contribution in [0.5, 0.6) is 11.5 Å². The Kier molecular flexibility index (Phi) is 8.76. The number of rotatable bonds is 12. The molecule has 1 aromatic heterocycles. The van der Waals surface area contributed by atoms with Crippen LogP contribution in [-0.4, -0.2) is 78.8 Å². The van der Waals surface area contributed by atoms with Crippen molar-refractivity contribution in [3.05, 3.63) is 42.5 Å². The number of methoxy groups -OCH3 is 1. The van der Waals surface area contributed by atoms with Gasteiger partial charge in [0.05, 0.1) is 26.7 Å². The predicted molar refractivity (Wildman–Crippen MR) is 110 cm³/mol. The molecule has 0 saturated carbocycles. The van der Waals surface area contributed by atoms with E-state index in [1.165, 1.54) is 0 Å². The summed E-state index contributed by atoms with van der Waals surface area (Å²) in [4.78, 5) is 6.24. The first-order valence-corrected chi connectivity index (χ1v) is 10.2. The van der Waals surface area contributed by atoms with Crippen molar-refractivity contribution in [3.63, 3.8) is 0 Å². The van der Waals surface area contributed by atoms with Gasteiger partial charge in [0.25, 0.3) is 0 Å². The van der Waals surface area contributed by atoms with Crippen LogP contribution in [0.3, 0.4) is 0 Å². The number of aromatic nitrogens is 2. The number of imidazole rings is 1. The second-order valence-electron chi connectivity index (χ2n) is 7.19. The van der Waals surface area contributed by atoms with Gasteiger partial charge in [-0.1, -0.05) is 6.07 Å². The van der Waals surface area contributed by atoms with Crippen molar-refractivity contribution in [1.82, 2.24) is 19.8 Å². The van der Waals surface area contributed by atoms with E-state index in [0.29, 0.717) is 18.0 Å². The molecule has 2 heterocycles. The third-order valence-corrected chi connectivity index (χ3v) is 4.89. The molecule has 8 heteroatoms. The Morgan fingerprint density at radius 1 is 1.28 bits per heavy atom. The number of hydrogen-bond donors (Lipinski definition) is 2. The molecule has 1 aliphatic heterocycles. The van der Waals surface area contributed by atoms with Gasteiger partial charge < -0.3 is 29.2 Å².